The molecule has 0 amide bonds. The molecule has 0 heterocycles. The average Bonchev–Trinajstić information content (AvgIpc) is 2.11. The summed E-state index contributed by atoms with van der Waals surface area (Å²) in [7, 11) is 0. The number of hydrogen-bond acceptors (Lipinski definition) is 2. The minimum absolute atomic E-state index is 0.0271. The van der Waals surface area contributed by atoms with Crippen LogP contribution < -0.4 is 0 Å². The third kappa shape index (κ3) is 6.36. The van der Waals surface area contributed by atoms with E-state index in [1.54, 1.807) is 0 Å². The predicted octanol–water partition coefficient (Wildman–Crippen LogP) is 4.52. The third-order valence-electron chi connectivity index (χ3n) is 2.07. The van der Waals surface area contributed by atoms with Gasteiger partial charge in [0.2, 0.25) is 0 Å². The lowest BCUT2D eigenvalue weighted by Gasteiger charge is -2.24. The second-order valence-electron chi connectivity index (χ2n) is 5.01. The minimum Gasteiger partial charge on any atom is -0.379 e. The zero-order valence-electron chi connectivity index (χ0n) is 11.0. The van der Waals surface area contributed by atoms with Crippen LogP contribution >= 0.6 is 11.8 Å². The Labute approximate surface area is 105 Å². The van der Waals surface area contributed by atoms with E-state index >= 15 is 0 Å². The molecule has 0 aliphatic carbocycles. The van der Waals surface area contributed by atoms with E-state index in [-0.39, 0.29) is 10.3 Å². The first-order valence-corrected chi connectivity index (χ1v) is 6.44. The Balaban J connectivity index is 5.11. The van der Waals surface area contributed by atoms with E-state index in [9.17, 15) is 18.3 Å². The highest BCUT2D eigenvalue weighted by atomic mass is 32.2. The van der Waals surface area contributed by atoms with Crippen LogP contribution in [0.15, 0.2) is 10.5 Å². The Bertz CT molecular complexity index is 276. The van der Waals surface area contributed by atoms with Gasteiger partial charge in [-0.05, 0) is 23.8 Å². The number of halogens is 3. The van der Waals surface area contributed by atoms with Gasteiger partial charge in [0, 0.05) is 4.75 Å². The maximum absolute atomic E-state index is 12.4. The summed E-state index contributed by atoms with van der Waals surface area (Å²) in [5, 5.41) is 9.25. The summed E-state index contributed by atoms with van der Waals surface area (Å²) < 4.78 is 37.2. The van der Waals surface area contributed by atoms with Crippen molar-refractivity contribution >= 4 is 11.8 Å². The molecule has 0 aliphatic rings. The quantitative estimate of drug-likeness (QED) is 0.810. The van der Waals surface area contributed by atoms with E-state index in [4.69, 9.17) is 0 Å². The lowest BCUT2D eigenvalue weighted by Crippen LogP contribution is -2.30. The van der Waals surface area contributed by atoms with Gasteiger partial charge in [-0.25, -0.2) is 0 Å². The normalized spacial score (nSPS) is 16.8. The highest BCUT2D eigenvalue weighted by Gasteiger charge is 2.40. The molecule has 0 saturated heterocycles. The molecule has 5 heteroatoms. The van der Waals surface area contributed by atoms with Crippen LogP contribution in [0.1, 0.15) is 47.5 Å². The molecule has 0 radical (unpaired) electrons. The average molecular weight is 270 g/mol. The van der Waals surface area contributed by atoms with Gasteiger partial charge in [0.25, 0.3) is 0 Å². The van der Waals surface area contributed by atoms with Crippen LogP contribution in [0, 0.1) is 0 Å². The second-order valence-corrected chi connectivity index (χ2v) is 6.94. The number of hydrogen-bond donors (Lipinski definition) is 1. The van der Waals surface area contributed by atoms with Gasteiger partial charge in [-0.3, -0.25) is 0 Å². The van der Waals surface area contributed by atoms with Gasteiger partial charge in [-0.15, -0.1) is 11.8 Å². The van der Waals surface area contributed by atoms with Crippen LogP contribution in [0.5, 0.6) is 0 Å². The molecule has 102 valence electrons. The van der Waals surface area contributed by atoms with Crippen molar-refractivity contribution in [3.63, 3.8) is 0 Å². The van der Waals surface area contributed by atoms with Crippen molar-refractivity contribution < 1.29 is 18.3 Å². The van der Waals surface area contributed by atoms with Crippen LogP contribution in [0.2, 0.25) is 0 Å². The number of rotatable bonds is 4. The first-order valence-electron chi connectivity index (χ1n) is 5.62. The van der Waals surface area contributed by atoms with Crippen molar-refractivity contribution in [1.29, 1.82) is 0 Å². The number of thioether (sulfide) groups is 1. The second kappa shape index (κ2) is 6.14. The van der Waals surface area contributed by atoms with Crippen molar-refractivity contribution in [2.45, 2.75) is 64.5 Å². The summed E-state index contributed by atoms with van der Waals surface area (Å²) in [5.41, 5.74) is 0.0271. The molecular weight excluding hydrogens is 249 g/mol. The maximum atomic E-state index is 12.4. The fourth-order valence-corrected chi connectivity index (χ4v) is 2.64. The minimum atomic E-state index is -4.58. The summed E-state index contributed by atoms with van der Waals surface area (Å²) in [6.07, 6.45) is -5.60. The van der Waals surface area contributed by atoms with Crippen molar-refractivity contribution in [3.05, 3.63) is 10.5 Å². The Kier molecular flexibility index (Phi) is 6.08. The zero-order valence-corrected chi connectivity index (χ0v) is 11.8. The number of aliphatic hydroxyl groups is 1. The lowest BCUT2D eigenvalue weighted by atomic mass is 10.1. The lowest BCUT2D eigenvalue weighted by molar-refractivity contribution is -0.191. The monoisotopic (exact) mass is 270 g/mol. The molecule has 0 rings (SSSR count). The van der Waals surface area contributed by atoms with E-state index in [1.165, 1.54) is 18.7 Å². The Morgan fingerprint density at radius 3 is 2.00 bits per heavy atom. The topological polar surface area (TPSA) is 20.2 Å². The van der Waals surface area contributed by atoms with Crippen LogP contribution in [0.3, 0.4) is 0 Å². The van der Waals surface area contributed by atoms with Gasteiger partial charge in [-0.2, -0.15) is 13.2 Å². The SMILES string of the molecule is CCC/C(SC(C)(C)C)=C(/C)[C@@H](O)C(F)(F)F. The van der Waals surface area contributed by atoms with Crippen molar-refractivity contribution in [3.8, 4) is 0 Å². The standard InChI is InChI=1S/C12H21F3OS/c1-6-7-9(17-11(3,4)5)8(2)10(16)12(13,14)15/h10,16H,6-7H2,1-5H3/b9-8+/t10-/m1/s1. The molecule has 1 N–H and O–H groups in total. The smallest absolute Gasteiger partial charge is 0.379 e. The highest BCUT2D eigenvalue weighted by Crippen LogP contribution is 2.38. The Morgan fingerprint density at radius 1 is 1.24 bits per heavy atom. The predicted molar refractivity (Wildman–Crippen MR) is 67.0 cm³/mol. The molecule has 0 spiro atoms. The van der Waals surface area contributed by atoms with Crippen LogP contribution in [-0.4, -0.2) is 22.1 Å². The van der Waals surface area contributed by atoms with Gasteiger partial charge in [0.05, 0.1) is 0 Å². The molecule has 0 saturated carbocycles. The summed E-state index contributed by atoms with van der Waals surface area (Å²) in [6.45, 7) is 9.11. The summed E-state index contributed by atoms with van der Waals surface area (Å²) in [5.74, 6) is 0. The van der Waals surface area contributed by atoms with Gasteiger partial charge in [0.1, 0.15) is 0 Å². The molecule has 1 nitrogen and oxygen atoms in total. The highest BCUT2D eigenvalue weighted by molar-refractivity contribution is 8.04. The molecular formula is C12H21F3OS. The van der Waals surface area contributed by atoms with E-state index < -0.39 is 12.3 Å². The Hall–Kier alpha value is -0.160. The van der Waals surface area contributed by atoms with E-state index in [0.29, 0.717) is 11.3 Å². The number of aliphatic hydroxyl groups excluding tert-OH is 1. The molecule has 0 unspecified atom stereocenters. The van der Waals surface area contributed by atoms with Gasteiger partial charge in [0.15, 0.2) is 6.10 Å². The molecule has 17 heavy (non-hydrogen) atoms. The van der Waals surface area contributed by atoms with Crippen LogP contribution in [-0.2, 0) is 0 Å². The van der Waals surface area contributed by atoms with Gasteiger partial charge >= 0.3 is 6.18 Å². The third-order valence-corrected chi connectivity index (χ3v) is 3.45. The molecule has 1 atom stereocenters. The molecule has 0 bridgehead atoms. The molecule has 0 aromatic rings. The van der Waals surface area contributed by atoms with E-state index in [0.717, 1.165) is 6.42 Å². The van der Waals surface area contributed by atoms with E-state index in [2.05, 4.69) is 0 Å². The number of allylic oxidation sites excluding steroid dienone is 1. The van der Waals surface area contributed by atoms with Crippen LogP contribution in [0.4, 0.5) is 13.2 Å². The fraction of sp³-hybridized carbons (Fsp3) is 0.833. The van der Waals surface area contributed by atoms with Crippen molar-refractivity contribution in [1.82, 2.24) is 0 Å². The number of alkyl halides is 3. The molecule has 0 aromatic heterocycles. The van der Waals surface area contributed by atoms with Crippen molar-refractivity contribution in [2.75, 3.05) is 0 Å². The summed E-state index contributed by atoms with van der Waals surface area (Å²) in [6, 6.07) is 0. The zero-order chi connectivity index (χ0) is 13.9. The van der Waals surface area contributed by atoms with Crippen LogP contribution in [0.25, 0.3) is 0 Å². The maximum Gasteiger partial charge on any atom is 0.418 e. The molecule has 0 fully saturated rings. The van der Waals surface area contributed by atoms with E-state index in [1.807, 2.05) is 27.7 Å². The fourth-order valence-electron chi connectivity index (χ4n) is 1.32. The largest absolute Gasteiger partial charge is 0.418 e. The summed E-state index contributed by atoms with van der Waals surface area (Å²) >= 11 is 1.40. The molecule has 0 aromatic carbocycles. The summed E-state index contributed by atoms with van der Waals surface area (Å²) in [4.78, 5) is 0.643. The van der Waals surface area contributed by atoms with Gasteiger partial charge < -0.3 is 5.11 Å². The van der Waals surface area contributed by atoms with Gasteiger partial charge in [-0.1, -0.05) is 34.1 Å². The van der Waals surface area contributed by atoms with Crippen molar-refractivity contribution in [2.24, 2.45) is 0 Å². The molecule has 0 aliphatic heterocycles. The Morgan fingerprint density at radius 2 is 1.71 bits per heavy atom. The first-order chi connectivity index (χ1) is 7.49. The first kappa shape index (κ1) is 16.8.